The maximum atomic E-state index is 10.8. The van der Waals surface area contributed by atoms with E-state index in [1.807, 2.05) is 19.9 Å². The highest BCUT2D eigenvalue weighted by molar-refractivity contribution is 5.56. The van der Waals surface area contributed by atoms with Gasteiger partial charge in [-0.25, -0.2) is 0 Å². The van der Waals surface area contributed by atoms with Crippen molar-refractivity contribution in [1.29, 1.82) is 0 Å². The normalized spacial score (nSPS) is 20.8. The number of allylic oxidation sites excluding steroid dienone is 3. The summed E-state index contributed by atoms with van der Waals surface area (Å²) in [4.78, 5) is 0. The zero-order valence-electron chi connectivity index (χ0n) is 15.7. The lowest BCUT2D eigenvalue weighted by Gasteiger charge is -2.32. The molecular weight excluding hydrogens is 296 g/mol. The van der Waals surface area contributed by atoms with Gasteiger partial charge in [0.1, 0.15) is 11.5 Å². The quantitative estimate of drug-likeness (QED) is 0.485. The van der Waals surface area contributed by atoms with Crippen molar-refractivity contribution in [3.8, 4) is 11.5 Å². The zero-order chi connectivity index (χ0) is 17.9. The average Bonchev–Trinajstić information content (AvgIpc) is 2.52. The molecule has 0 amide bonds. The van der Waals surface area contributed by atoms with Crippen LogP contribution in [0.25, 0.3) is 0 Å². The van der Waals surface area contributed by atoms with E-state index in [1.54, 1.807) is 0 Å². The van der Waals surface area contributed by atoms with Crippen molar-refractivity contribution in [3.63, 3.8) is 0 Å². The van der Waals surface area contributed by atoms with Gasteiger partial charge in [0.05, 0.1) is 0 Å². The second kappa shape index (κ2) is 7.92. The van der Waals surface area contributed by atoms with Crippen molar-refractivity contribution in [3.05, 3.63) is 46.6 Å². The highest BCUT2D eigenvalue weighted by atomic mass is 16.3. The third-order valence-corrected chi connectivity index (χ3v) is 5.44. The molecule has 2 N–H and O–H groups in total. The molecule has 2 rings (SSSR count). The molecule has 0 radical (unpaired) electrons. The lowest BCUT2D eigenvalue weighted by Crippen LogP contribution is -2.17. The smallest absolute Gasteiger partial charge is 0.126 e. The van der Waals surface area contributed by atoms with E-state index in [1.165, 1.54) is 18.4 Å². The van der Waals surface area contributed by atoms with Gasteiger partial charge in [-0.2, -0.15) is 0 Å². The minimum atomic E-state index is 0.0136. The van der Waals surface area contributed by atoms with Crippen LogP contribution in [0.4, 0.5) is 0 Å². The van der Waals surface area contributed by atoms with Crippen LogP contribution in [0.2, 0.25) is 0 Å². The maximum Gasteiger partial charge on any atom is 0.126 e. The number of phenols is 2. The number of hydrogen-bond donors (Lipinski definition) is 2. The van der Waals surface area contributed by atoms with Crippen LogP contribution in [0.5, 0.6) is 11.5 Å². The van der Waals surface area contributed by atoms with E-state index in [0.29, 0.717) is 5.56 Å². The Balaban J connectivity index is 2.44. The SMILES string of the molecule is C=C(C)C1CCC(C)=CC1c1c(O)cc(CCCCC)c(C)c1O. The Labute approximate surface area is 146 Å². The molecule has 0 aromatic heterocycles. The Bertz CT molecular complexity index is 640. The van der Waals surface area contributed by atoms with E-state index < -0.39 is 0 Å². The first kappa shape index (κ1) is 18.6. The van der Waals surface area contributed by atoms with Crippen molar-refractivity contribution < 1.29 is 10.2 Å². The molecule has 0 spiro atoms. The van der Waals surface area contributed by atoms with Crippen LogP contribution >= 0.6 is 0 Å². The molecule has 2 unspecified atom stereocenters. The lowest BCUT2D eigenvalue weighted by atomic mass is 9.73. The Hall–Kier alpha value is -1.70. The predicted octanol–water partition coefficient (Wildman–Crippen LogP) is 6.15. The summed E-state index contributed by atoms with van der Waals surface area (Å²) in [6.07, 6.45) is 8.62. The number of aryl methyl sites for hydroxylation is 1. The molecular formula is C22H32O2. The van der Waals surface area contributed by atoms with Crippen LogP contribution in [0.1, 0.15) is 75.5 Å². The Morgan fingerprint density at radius 3 is 2.58 bits per heavy atom. The molecule has 0 aliphatic heterocycles. The number of aromatic hydroxyl groups is 2. The molecule has 0 bridgehead atoms. The van der Waals surface area contributed by atoms with Gasteiger partial charge < -0.3 is 10.2 Å². The number of rotatable bonds is 6. The molecule has 132 valence electrons. The van der Waals surface area contributed by atoms with Crippen LogP contribution < -0.4 is 0 Å². The molecule has 0 fully saturated rings. The van der Waals surface area contributed by atoms with Crippen LogP contribution in [0.15, 0.2) is 29.9 Å². The van der Waals surface area contributed by atoms with E-state index >= 15 is 0 Å². The summed E-state index contributed by atoms with van der Waals surface area (Å²) < 4.78 is 0. The molecule has 2 atom stereocenters. The van der Waals surface area contributed by atoms with Crippen LogP contribution in [0.3, 0.4) is 0 Å². The van der Waals surface area contributed by atoms with Crippen molar-refractivity contribution >= 4 is 0 Å². The van der Waals surface area contributed by atoms with Gasteiger partial charge in [-0.1, -0.05) is 43.6 Å². The van der Waals surface area contributed by atoms with E-state index in [9.17, 15) is 10.2 Å². The minimum Gasteiger partial charge on any atom is -0.507 e. The van der Waals surface area contributed by atoms with Gasteiger partial charge in [0.2, 0.25) is 0 Å². The standard InChI is InChI=1S/C22H32O2/c1-6-7-8-9-17-13-20(23)21(22(24)16(17)5)19-12-15(4)10-11-18(19)14(2)3/h12-13,18-19,23-24H,2,6-11H2,1,3-5H3. The molecule has 1 aromatic carbocycles. The fourth-order valence-electron chi connectivity index (χ4n) is 3.89. The predicted molar refractivity (Wildman–Crippen MR) is 102 cm³/mol. The molecule has 1 aromatic rings. The van der Waals surface area contributed by atoms with E-state index in [4.69, 9.17) is 0 Å². The van der Waals surface area contributed by atoms with E-state index in [0.717, 1.165) is 42.4 Å². The molecule has 0 heterocycles. The third kappa shape index (κ3) is 3.85. The van der Waals surface area contributed by atoms with E-state index in [-0.39, 0.29) is 23.3 Å². The monoisotopic (exact) mass is 328 g/mol. The number of hydrogen-bond acceptors (Lipinski definition) is 2. The fourth-order valence-corrected chi connectivity index (χ4v) is 3.89. The van der Waals surface area contributed by atoms with Crippen LogP contribution in [0, 0.1) is 12.8 Å². The molecule has 2 nitrogen and oxygen atoms in total. The zero-order valence-corrected chi connectivity index (χ0v) is 15.7. The second-order valence-electron chi connectivity index (χ2n) is 7.43. The second-order valence-corrected chi connectivity index (χ2v) is 7.43. The Morgan fingerprint density at radius 2 is 1.96 bits per heavy atom. The van der Waals surface area contributed by atoms with Crippen molar-refractivity contribution in [1.82, 2.24) is 0 Å². The first-order chi connectivity index (χ1) is 11.4. The van der Waals surface area contributed by atoms with Crippen LogP contribution in [-0.2, 0) is 6.42 Å². The summed E-state index contributed by atoms with van der Waals surface area (Å²) >= 11 is 0. The topological polar surface area (TPSA) is 40.5 Å². The fraction of sp³-hybridized carbons (Fsp3) is 0.545. The highest BCUT2D eigenvalue weighted by Crippen LogP contribution is 2.47. The molecule has 2 heteroatoms. The molecule has 24 heavy (non-hydrogen) atoms. The number of benzene rings is 1. The van der Waals surface area contributed by atoms with Gasteiger partial charge in [-0.15, -0.1) is 0 Å². The highest BCUT2D eigenvalue weighted by Gasteiger charge is 2.30. The van der Waals surface area contributed by atoms with Gasteiger partial charge in [0.15, 0.2) is 0 Å². The van der Waals surface area contributed by atoms with Crippen LogP contribution in [-0.4, -0.2) is 10.2 Å². The summed E-state index contributed by atoms with van der Waals surface area (Å²) in [6, 6.07) is 1.87. The summed E-state index contributed by atoms with van der Waals surface area (Å²) in [7, 11) is 0. The Kier molecular flexibility index (Phi) is 6.15. The third-order valence-electron chi connectivity index (χ3n) is 5.44. The molecule has 0 saturated heterocycles. The van der Waals surface area contributed by atoms with Crippen molar-refractivity contribution in [2.75, 3.05) is 0 Å². The van der Waals surface area contributed by atoms with E-state index in [2.05, 4.69) is 26.5 Å². The Morgan fingerprint density at radius 1 is 1.25 bits per heavy atom. The van der Waals surface area contributed by atoms with Crippen molar-refractivity contribution in [2.24, 2.45) is 5.92 Å². The van der Waals surface area contributed by atoms with Crippen molar-refractivity contribution in [2.45, 2.75) is 72.1 Å². The first-order valence-electron chi connectivity index (χ1n) is 9.23. The van der Waals surface area contributed by atoms with Gasteiger partial charge in [-0.3, -0.25) is 0 Å². The largest absolute Gasteiger partial charge is 0.507 e. The summed E-state index contributed by atoms with van der Waals surface area (Å²) in [5.41, 5.74) is 5.09. The first-order valence-corrected chi connectivity index (χ1v) is 9.23. The molecule has 1 aliphatic rings. The van der Waals surface area contributed by atoms with Gasteiger partial charge in [0, 0.05) is 11.5 Å². The average molecular weight is 328 g/mol. The molecule has 0 saturated carbocycles. The summed E-state index contributed by atoms with van der Waals surface area (Å²) in [5, 5.41) is 21.5. The number of unbranched alkanes of at least 4 members (excludes halogenated alkanes) is 2. The maximum absolute atomic E-state index is 10.8. The molecule has 1 aliphatic carbocycles. The summed E-state index contributed by atoms with van der Waals surface area (Å²) in [5.74, 6) is 0.783. The van der Waals surface area contributed by atoms with Gasteiger partial charge in [-0.05, 0) is 69.6 Å². The lowest BCUT2D eigenvalue weighted by molar-refractivity contribution is 0.403. The van der Waals surface area contributed by atoms with Gasteiger partial charge in [0.25, 0.3) is 0 Å². The minimum absolute atomic E-state index is 0.0136. The number of phenolic OH excluding ortho intramolecular Hbond substituents is 2. The van der Waals surface area contributed by atoms with Gasteiger partial charge >= 0.3 is 0 Å². The summed E-state index contributed by atoms with van der Waals surface area (Å²) in [6.45, 7) is 12.5.